The molecule has 5 heterocycles. The molecule has 0 bridgehead atoms. The Morgan fingerprint density at radius 1 is 0.596 bits per heavy atom. The van der Waals surface area contributed by atoms with Crippen LogP contribution in [0.4, 0.5) is 22.9 Å². The van der Waals surface area contributed by atoms with E-state index in [4.69, 9.17) is 19.1 Å². The second kappa shape index (κ2) is 11.5. The first kappa shape index (κ1) is 30.2. The highest BCUT2D eigenvalue weighted by Crippen LogP contribution is 2.46. The number of hydrogen-bond acceptors (Lipinski definition) is 6. The van der Waals surface area contributed by atoms with Crippen molar-refractivity contribution in [3.05, 3.63) is 151 Å². The van der Waals surface area contributed by atoms with Crippen molar-refractivity contribution in [1.29, 1.82) is 0 Å². The molecule has 0 saturated carbocycles. The molecular formula is C45H35N5O2. The third kappa shape index (κ3) is 4.81. The van der Waals surface area contributed by atoms with Crippen molar-refractivity contribution in [2.24, 2.45) is 0 Å². The quantitative estimate of drug-likeness (QED) is 0.181. The van der Waals surface area contributed by atoms with E-state index in [2.05, 4.69) is 132 Å². The Balaban J connectivity index is 1.02. The number of nitrogens with zero attached hydrogens (tertiary/aromatic N) is 5. The summed E-state index contributed by atoms with van der Waals surface area (Å²) in [5.41, 5.74) is 8.12. The first-order valence-electron chi connectivity index (χ1n) is 17.6. The Morgan fingerprint density at radius 2 is 1.37 bits per heavy atom. The number of fused-ring (bicyclic) bond motifs is 7. The van der Waals surface area contributed by atoms with Crippen molar-refractivity contribution >= 4 is 66.6 Å². The lowest BCUT2D eigenvalue weighted by molar-refractivity contribution is 0.483. The van der Waals surface area contributed by atoms with Gasteiger partial charge in [0.05, 0.1) is 22.4 Å². The number of hydrogen-bond donors (Lipinski definition) is 0. The van der Waals surface area contributed by atoms with E-state index in [0.717, 1.165) is 78.6 Å². The summed E-state index contributed by atoms with van der Waals surface area (Å²) in [6, 6.07) is 46.0. The lowest BCUT2D eigenvalue weighted by Gasteiger charge is -2.22. The van der Waals surface area contributed by atoms with E-state index in [1.54, 1.807) is 0 Å². The first-order valence-corrected chi connectivity index (χ1v) is 17.6. The van der Waals surface area contributed by atoms with Gasteiger partial charge in [0.15, 0.2) is 11.4 Å². The molecular weight excluding hydrogens is 643 g/mol. The molecule has 5 aromatic carbocycles. The second-order valence-electron chi connectivity index (χ2n) is 14.4. The van der Waals surface area contributed by atoms with Crippen LogP contribution in [0, 0.1) is 0 Å². The van der Waals surface area contributed by atoms with E-state index < -0.39 is 0 Å². The third-order valence-corrected chi connectivity index (χ3v) is 10.1. The Bertz CT molecular complexity index is 2830. The maximum atomic E-state index is 6.64. The number of furan rings is 1. The van der Waals surface area contributed by atoms with E-state index in [9.17, 15) is 0 Å². The Labute approximate surface area is 300 Å². The van der Waals surface area contributed by atoms with Gasteiger partial charge >= 0.3 is 0 Å². The van der Waals surface area contributed by atoms with Gasteiger partial charge in [-0.1, -0.05) is 75.4 Å². The predicted octanol–water partition coefficient (Wildman–Crippen LogP) is 11.8. The fourth-order valence-electron chi connectivity index (χ4n) is 7.57. The lowest BCUT2D eigenvalue weighted by Crippen LogP contribution is -2.24. The molecule has 0 radical (unpaired) electrons. The molecule has 0 spiro atoms. The van der Waals surface area contributed by atoms with Crippen LogP contribution in [0.3, 0.4) is 0 Å². The maximum absolute atomic E-state index is 6.64. The van der Waals surface area contributed by atoms with Gasteiger partial charge in [-0.25, -0.2) is 9.97 Å². The normalized spacial score (nSPS) is 13.1. The number of aromatic nitrogens is 3. The highest BCUT2D eigenvalue weighted by molar-refractivity contribution is 6.10. The van der Waals surface area contributed by atoms with Gasteiger partial charge in [0.25, 0.3) is 0 Å². The molecule has 7 nitrogen and oxygen atoms in total. The van der Waals surface area contributed by atoms with E-state index in [-0.39, 0.29) is 5.41 Å². The Kier molecular flexibility index (Phi) is 6.67. The van der Waals surface area contributed by atoms with Crippen LogP contribution in [0.1, 0.15) is 26.3 Å². The lowest BCUT2D eigenvalue weighted by atomic mass is 9.88. The van der Waals surface area contributed by atoms with E-state index >= 15 is 0 Å². The number of pyridine rings is 2. The molecule has 52 heavy (non-hydrogen) atoms. The number of anilines is 4. The fraction of sp³-hybridized carbons (Fsp3) is 0.111. The molecule has 1 aliphatic rings. The molecule has 9 aromatic rings. The van der Waals surface area contributed by atoms with Crippen LogP contribution in [0.2, 0.25) is 0 Å². The van der Waals surface area contributed by atoms with Gasteiger partial charge in [-0.15, -0.1) is 0 Å². The zero-order valence-electron chi connectivity index (χ0n) is 29.1. The van der Waals surface area contributed by atoms with Crippen molar-refractivity contribution in [3.8, 4) is 17.3 Å². The van der Waals surface area contributed by atoms with Crippen LogP contribution in [-0.4, -0.2) is 21.2 Å². The van der Waals surface area contributed by atoms with Crippen molar-refractivity contribution in [3.63, 3.8) is 0 Å². The van der Waals surface area contributed by atoms with Crippen LogP contribution in [0.5, 0.6) is 11.5 Å². The summed E-state index contributed by atoms with van der Waals surface area (Å²) in [5, 5.41) is 4.53. The van der Waals surface area contributed by atoms with Gasteiger partial charge in [-0.2, -0.15) is 0 Å². The first-order chi connectivity index (χ1) is 25.4. The van der Waals surface area contributed by atoms with Crippen LogP contribution in [0.15, 0.2) is 150 Å². The Morgan fingerprint density at radius 3 is 2.27 bits per heavy atom. The van der Waals surface area contributed by atoms with Crippen molar-refractivity contribution in [2.75, 3.05) is 16.5 Å². The molecule has 0 unspecified atom stereocenters. The second-order valence-corrected chi connectivity index (χ2v) is 14.4. The van der Waals surface area contributed by atoms with Gasteiger partial charge in [0, 0.05) is 51.8 Å². The zero-order valence-corrected chi connectivity index (χ0v) is 29.1. The van der Waals surface area contributed by atoms with Crippen molar-refractivity contribution < 1.29 is 9.15 Å². The number of ether oxygens (including phenoxy) is 1. The molecule has 0 N–H and O–H groups in total. The molecule has 0 aliphatic carbocycles. The minimum absolute atomic E-state index is 0.000549. The summed E-state index contributed by atoms with van der Waals surface area (Å²) in [6.45, 7) is 7.26. The average molecular weight is 678 g/mol. The van der Waals surface area contributed by atoms with Crippen LogP contribution in [-0.2, 0) is 5.41 Å². The molecule has 1 aliphatic heterocycles. The molecule has 0 amide bonds. The summed E-state index contributed by atoms with van der Waals surface area (Å²) in [7, 11) is 0. The summed E-state index contributed by atoms with van der Waals surface area (Å²) >= 11 is 0. The van der Waals surface area contributed by atoms with Crippen LogP contribution >= 0.6 is 0 Å². The molecule has 0 atom stereocenters. The van der Waals surface area contributed by atoms with Gasteiger partial charge < -0.3 is 19.0 Å². The maximum Gasteiger partial charge on any atom is 0.159 e. The van der Waals surface area contributed by atoms with Crippen molar-refractivity contribution in [2.45, 2.75) is 26.2 Å². The molecule has 0 fully saturated rings. The SMILES string of the molecule is CC(C)(C)c1ccnc(-n2c3ccccc3c3ccc(Oc4cccc(N5CN(c6cccc7c6oc6ccccc67)c6ncccc65)c4)cc32)c1. The molecule has 0 saturated heterocycles. The average Bonchev–Trinajstić information content (AvgIpc) is 3.84. The summed E-state index contributed by atoms with van der Waals surface area (Å²) < 4.78 is 15.3. The topological polar surface area (TPSA) is 59.6 Å². The van der Waals surface area contributed by atoms with Crippen LogP contribution in [0.25, 0.3) is 49.6 Å². The van der Waals surface area contributed by atoms with Gasteiger partial charge in [-0.05, 0) is 77.7 Å². The van der Waals surface area contributed by atoms with Gasteiger partial charge in [0.1, 0.15) is 29.6 Å². The number of para-hydroxylation sites is 3. The Hall–Kier alpha value is -6.60. The highest BCUT2D eigenvalue weighted by Gasteiger charge is 2.31. The monoisotopic (exact) mass is 677 g/mol. The minimum atomic E-state index is -0.000549. The zero-order chi connectivity index (χ0) is 35.0. The minimum Gasteiger partial charge on any atom is -0.457 e. The fourth-order valence-corrected chi connectivity index (χ4v) is 7.57. The predicted molar refractivity (Wildman–Crippen MR) is 211 cm³/mol. The molecule has 10 rings (SSSR count). The van der Waals surface area contributed by atoms with Crippen LogP contribution < -0.4 is 14.5 Å². The molecule has 7 heteroatoms. The smallest absolute Gasteiger partial charge is 0.159 e. The largest absolute Gasteiger partial charge is 0.457 e. The van der Waals surface area contributed by atoms with Gasteiger partial charge in [0.2, 0.25) is 0 Å². The summed E-state index contributed by atoms with van der Waals surface area (Å²) in [5.74, 6) is 3.27. The number of rotatable bonds is 5. The van der Waals surface area contributed by atoms with E-state index in [1.165, 1.54) is 10.9 Å². The van der Waals surface area contributed by atoms with Gasteiger partial charge in [-0.3, -0.25) is 4.57 Å². The summed E-state index contributed by atoms with van der Waals surface area (Å²) in [6.07, 6.45) is 3.75. The highest BCUT2D eigenvalue weighted by atomic mass is 16.5. The third-order valence-electron chi connectivity index (χ3n) is 10.1. The number of benzene rings is 5. The van der Waals surface area contributed by atoms with E-state index in [1.807, 2.05) is 48.8 Å². The molecule has 4 aromatic heterocycles. The van der Waals surface area contributed by atoms with Crippen molar-refractivity contribution in [1.82, 2.24) is 14.5 Å². The summed E-state index contributed by atoms with van der Waals surface area (Å²) in [4.78, 5) is 14.2. The molecule has 252 valence electrons. The standard InChI is InChI=1S/C45H35N5O2/c1-45(2,3)29-22-24-46-42(25-29)50-37-16-6-4-13-33(37)34-21-20-32(27-40(34)50)51-31-12-8-11-30(26-31)48-28-49(44-39(48)18-10-23-47-44)38-17-9-15-36-35-14-5-7-19-41(35)52-43(36)38/h4-27H,28H2,1-3H3. The van der Waals surface area contributed by atoms with E-state index in [0.29, 0.717) is 6.67 Å².